The molecule has 1 aromatic rings. The van der Waals surface area contributed by atoms with E-state index in [-0.39, 0.29) is 28.7 Å². The Morgan fingerprint density at radius 3 is 2.19 bits per heavy atom. The molecule has 0 aromatic heterocycles. The smallest absolute Gasteiger partial charge is 0.341 e. The molecule has 6 nitrogen and oxygen atoms in total. The maximum atomic E-state index is 12.4. The average molecular weight is 378 g/mol. The number of rotatable bonds is 11. The fourth-order valence-corrected chi connectivity index (χ4v) is 2.64. The van der Waals surface area contributed by atoms with Crippen molar-refractivity contribution >= 4 is 17.8 Å². The molecule has 0 radical (unpaired) electrons. The first-order valence-corrected chi connectivity index (χ1v) is 9.22. The molecule has 1 unspecified atom stereocenters. The van der Waals surface area contributed by atoms with Gasteiger partial charge in [0, 0.05) is 0 Å². The molecule has 1 aromatic carbocycles. The van der Waals surface area contributed by atoms with Crippen molar-refractivity contribution < 1.29 is 28.9 Å². The minimum absolute atomic E-state index is 0.0601. The Morgan fingerprint density at radius 1 is 1.15 bits per heavy atom. The highest BCUT2D eigenvalue weighted by Gasteiger charge is 2.19. The Morgan fingerprint density at radius 2 is 1.74 bits per heavy atom. The average Bonchev–Trinajstić information content (AvgIpc) is 2.66. The van der Waals surface area contributed by atoms with Crippen LogP contribution in [0.4, 0.5) is 0 Å². The number of carbonyl (C=O) groups excluding carboxylic acids is 2. The van der Waals surface area contributed by atoms with E-state index in [1.807, 2.05) is 0 Å². The molecule has 0 aliphatic heterocycles. The van der Waals surface area contributed by atoms with Gasteiger partial charge in [0.2, 0.25) is 5.75 Å². The van der Waals surface area contributed by atoms with Gasteiger partial charge in [0.1, 0.15) is 5.57 Å². The Labute approximate surface area is 161 Å². The molecule has 0 fully saturated rings. The molecule has 0 amide bonds. The van der Waals surface area contributed by atoms with Gasteiger partial charge in [-0.15, -0.1) is 0 Å². The minimum Gasteiger partial charge on any atom is -0.502 e. The van der Waals surface area contributed by atoms with Gasteiger partial charge in [-0.1, -0.05) is 33.1 Å². The van der Waals surface area contributed by atoms with Crippen LogP contribution < -0.4 is 9.47 Å². The predicted octanol–water partition coefficient (Wildman–Crippen LogP) is 4.14. The van der Waals surface area contributed by atoms with E-state index in [1.165, 1.54) is 39.4 Å². The van der Waals surface area contributed by atoms with Crippen molar-refractivity contribution in [3.63, 3.8) is 0 Å². The molecule has 0 saturated carbocycles. The molecule has 0 aliphatic rings. The maximum Gasteiger partial charge on any atom is 0.341 e. The summed E-state index contributed by atoms with van der Waals surface area (Å²) in [4.78, 5) is 24.4. The van der Waals surface area contributed by atoms with Gasteiger partial charge in [-0.25, -0.2) is 4.79 Å². The molecule has 0 spiro atoms. The number of ether oxygens (including phenoxy) is 3. The van der Waals surface area contributed by atoms with Crippen LogP contribution in [0.1, 0.15) is 52.0 Å². The van der Waals surface area contributed by atoms with E-state index in [0.29, 0.717) is 12.2 Å². The summed E-state index contributed by atoms with van der Waals surface area (Å²) >= 11 is 0. The van der Waals surface area contributed by atoms with Gasteiger partial charge < -0.3 is 19.3 Å². The number of aromatic hydroxyl groups is 1. The van der Waals surface area contributed by atoms with Crippen LogP contribution >= 0.6 is 0 Å². The summed E-state index contributed by atoms with van der Waals surface area (Å²) in [5.74, 6) is -0.539. The number of phenolic OH excluding ortho intramolecular Hbond substituents is 1. The molecular weight excluding hydrogens is 348 g/mol. The van der Waals surface area contributed by atoms with Crippen LogP contribution in [0, 0.1) is 5.92 Å². The zero-order valence-corrected chi connectivity index (χ0v) is 16.8. The third-order valence-corrected chi connectivity index (χ3v) is 4.41. The SMILES string of the molecule is CCCCC(CC)COC(=O)/C(=C/c1cc(OC)c(O)c(OC)c1)C(C)=O. The lowest BCUT2D eigenvalue weighted by Gasteiger charge is -2.15. The van der Waals surface area contributed by atoms with Gasteiger partial charge >= 0.3 is 5.97 Å². The topological polar surface area (TPSA) is 82.1 Å². The van der Waals surface area contributed by atoms with E-state index in [2.05, 4.69) is 13.8 Å². The predicted molar refractivity (Wildman–Crippen MR) is 104 cm³/mol. The fraction of sp³-hybridized carbons (Fsp3) is 0.524. The van der Waals surface area contributed by atoms with Crippen LogP contribution in [0.5, 0.6) is 17.2 Å². The number of benzene rings is 1. The second-order valence-corrected chi connectivity index (χ2v) is 6.40. The van der Waals surface area contributed by atoms with Crippen molar-refractivity contribution in [3.05, 3.63) is 23.3 Å². The molecule has 0 aliphatic carbocycles. The Balaban J connectivity index is 3.04. The molecule has 1 rings (SSSR count). The maximum absolute atomic E-state index is 12.4. The van der Waals surface area contributed by atoms with Crippen LogP contribution in [-0.2, 0) is 14.3 Å². The summed E-state index contributed by atoms with van der Waals surface area (Å²) in [6.07, 6.45) is 5.50. The Hall–Kier alpha value is -2.50. The summed E-state index contributed by atoms with van der Waals surface area (Å²) in [6.45, 7) is 5.79. The quantitative estimate of drug-likeness (QED) is 0.270. The highest BCUT2D eigenvalue weighted by Crippen LogP contribution is 2.37. The van der Waals surface area contributed by atoms with Crippen LogP contribution in [0.25, 0.3) is 6.08 Å². The molecule has 1 N–H and O–H groups in total. The zero-order valence-electron chi connectivity index (χ0n) is 16.8. The standard InChI is InChI=1S/C21H30O6/c1-6-8-9-15(7-2)13-27-21(24)17(14(3)22)10-16-11-18(25-4)20(23)19(12-16)26-5/h10-12,15,23H,6-9,13H2,1-5H3/b17-10+. The monoisotopic (exact) mass is 378 g/mol. The van der Waals surface area contributed by atoms with E-state index in [1.54, 1.807) is 0 Å². The normalized spacial score (nSPS) is 12.4. The van der Waals surface area contributed by atoms with Gasteiger partial charge in [-0.3, -0.25) is 4.79 Å². The first-order valence-electron chi connectivity index (χ1n) is 9.22. The van der Waals surface area contributed by atoms with Crippen molar-refractivity contribution in [2.24, 2.45) is 5.92 Å². The van der Waals surface area contributed by atoms with Crippen molar-refractivity contribution in [2.75, 3.05) is 20.8 Å². The summed E-state index contributed by atoms with van der Waals surface area (Å²) in [5, 5.41) is 9.98. The highest BCUT2D eigenvalue weighted by molar-refractivity contribution is 6.19. The Bertz CT molecular complexity index is 652. The summed E-state index contributed by atoms with van der Waals surface area (Å²) in [5.41, 5.74) is 0.428. The number of esters is 1. The molecule has 1 atom stereocenters. The van der Waals surface area contributed by atoms with E-state index in [9.17, 15) is 14.7 Å². The summed E-state index contributed by atoms with van der Waals surface area (Å²) in [7, 11) is 2.81. The van der Waals surface area contributed by atoms with Crippen LogP contribution in [0.2, 0.25) is 0 Å². The number of hydrogen-bond donors (Lipinski definition) is 1. The first-order chi connectivity index (χ1) is 12.9. The highest BCUT2D eigenvalue weighted by atomic mass is 16.5. The summed E-state index contributed by atoms with van der Waals surface area (Å²) < 4.78 is 15.6. The number of Topliss-reactive ketones (excluding diaryl/α,β-unsaturated/α-hetero) is 1. The lowest BCUT2D eigenvalue weighted by molar-refractivity contribution is -0.141. The summed E-state index contributed by atoms with van der Waals surface area (Å²) in [6, 6.07) is 3.04. The molecule has 0 bridgehead atoms. The molecule has 0 heterocycles. The van der Waals surface area contributed by atoms with Crippen LogP contribution in [-0.4, -0.2) is 37.7 Å². The molecule has 0 saturated heterocycles. The van der Waals surface area contributed by atoms with E-state index in [4.69, 9.17) is 14.2 Å². The van der Waals surface area contributed by atoms with Crippen LogP contribution in [0.15, 0.2) is 17.7 Å². The lowest BCUT2D eigenvalue weighted by Crippen LogP contribution is -2.18. The van der Waals surface area contributed by atoms with E-state index >= 15 is 0 Å². The number of ketones is 1. The number of methoxy groups -OCH3 is 2. The van der Waals surface area contributed by atoms with Crippen molar-refractivity contribution in [1.29, 1.82) is 0 Å². The fourth-order valence-electron chi connectivity index (χ4n) is 2.64. The van der Waals surface area contributed by atoms with Crippen LogP contribution in [0.3, 0.4) is 0 Å². The molecular formula is C21H30O6. The van der Waals surface area contributed by atoms with Gasteiger partial charge in [0.15, 0.2) is 17.3 Å². The number of carbonyl (C=O) groups is 2. The molecule has 6 heteroatoms. The second-order valence-electron chi connectivity index (χ2n) is 6.40. The third-order valence-electron chi connectivity index (χ3n) is 4.41. The van der Waals surface area contributed by atoms with Crippen molar-refractivity contribution in [1.82, 2.24) is 0 Å². The van der Waals surface area contributed by atoms with Crippen molar-refractivity contribution in [3.8, 4) is 17.2 Å². The Kier molecular flexibility index (Phi) is 9.40. The molecule has 27 heavy (non-hydrogen) atoms. The van der Waals surface area contributed by atoms with E-state index < -0.39 is 11.8 Å². The third kappa shape index (κ3) is 6.62. The second kappa shape index (κ2) is 11.3. The van der Waals surface area contributed by atoms with Gasteiger partial charge in [0.05, 0.1) is 20.8 Å². The largest absolute Gasteiger partial charge is 0.502 e. The van der Waals surface area contributed by atoms with Gasteiger partial charge in [0.25, 0.3) is 0 Å². The van der Waals surface area contributed by atoms with Gasteiger partial charge in [-0.05, 0) is 43.0 Å². The minimum atomic E-state index is -0.650. The zero-order chi connectivity index (χ0) is 20.4. The number of hydrogen-bond acceptors (Lipinski definition) is 6. The lowest BCUT2D eigenvalue weighted by atomic mass is 10.0. The first kappa shape index (κ1) is 22.5. The van der Waals surface area contributed by atoms with Gasteiger partial charge in [-0.2, -0.15) is 0 Å². The number of phenols is 1. The van der Waals surface area contributed by atoms with E-state index in [0.717, 1.165) is 25.7 Å². The number of unbranched alkanes of at least 4 members (excludes halogenated alkanes) is 1. The molecule has 150 valence electrons. The van der Waals surface area contributed by atoms with Crippen molar-refractivity contribution in [2.45, 2.75) is 46.5 Å².